The molecule has 0 saturated carbocycles. The fraction of sp³-hybridized carbons (Fsp3) is 0.500. The summed E-state index contributed by atoms with van der Waals surface area (Å²) in [5.41, 5.74) is 0.331. The molecule has 0 heterocycles. The van der Waals surface area contributed by atoms with E-state index in [-0.39, 0.29) is 18.6 Å². The third-order valence-electron chi connectivity index (χ3n) is 2.45. The number of carbonyl (C=O) groups is 2. The molecule has 0 amide bonds. The molecule has 1 rings (SSSR count). The zero-order valence-corrected chi connectivity index (χ0v) is 13.3. The molecule has 0 aromatic heterocycles. The Kier molecular flexibility index (Phi) is 14.3. The molecule has 22 heavy (non-hydrogen) atoms. The molecule has 1 aromatic carbocycles. The van der Waals surface area contributed by atoms with Gasteiger partial charge in [-0.25, -0.2) is 4.79 Å². The van der Waals surface area contributed by atoms with E-state index < -0.39 is 11.9 Å². The van der Waals surface area contributed by atoms with Crippen LogP contribution in [-0.2, 0) is 4.79 Å². The molecule has 1 aromatic rings. The normalized spacial score (nSPS) is 10.6. The van der Waals surface area contributed by atoms with Crippen LogP contribution in [0.4, 0.5) is 0 Å². The van der Waals surface area contributed by atoms with Gasteiger partial charge in [0.1, 0.15) is 0 Å². The van der Waals surface area contributed by atoms with Gasteiger partial charge in [0.2, 0.25) is 0 Å². The van der Waals surface area contributed by atoms with Crippen LogP contribution in [0, 0.1) is 5.92 Å². The molecule has 1 atom stereocenters. The summed E-state index contributed by atoms with van der Waals surface area (Å²) in [5, 5.41) is 33.3. The molecule has 0 bridgehead atoms. The van der Waals surface area contributed by atoms with Crippen molar-refractivity contribution in [3.8, 4) is 0 Å². The van der Waals surface area contributed by atoms with Gasteiger partial charge in [-0.15, -0.1) is 0 Å². The van der Waals surface area contributed by atoms with Crippen LogP contribution < -0.4 is 0 Å². The summed E-state index contributed by atoms with van der Waals surface area (Å²) in [5.74, 6) is -1.85. The molecule has 6 heteroatoms. The van der Waals surface area contributed by atoms with Gasteiger partial charge < -0.3 is 20.4 Å². The molecule has 126 valence electrons. The summed E-state index contributed by atoms with van der Waals surface area (Å²) >= 11 is 0. The molecule has 0 aliphatic heterocycles. The van der Waals surface area contributed by atoms with Gasteiger partial charge in [-0.3, -0.25) is 4.79 Å². The van der Waals surface area contributed by atoms with E-state index in [2.05, 4.69) is 0 Å². The van der Waals surface area contributed by atoms with Crippen molar-refractivity contribution in [2.24, 2.45) is 5.92 Å². The van der Waals surface area contributed by atoms with Gasteiger partial charge >= 0.3 is 11.9 Å². The van der Waals surface area contributed by atoms with Crippen molar-refractivity contribution in [1.29, 1.82) is 0 Å². The first-order valence-electron chi connectivity index (χ1n) is 7.06. The second-order valence-corrected chi connectivity index (χ2v) is 4.74. The monoisotopic (exact) mass is 314 g/mol. The molecule has 0 aliphatic carbocycles. The molecule has 0 saturated heterocycles. The van der Waals surface area contributed by atoms with E-state index in [4.69, 9.17) is 20.4 Å². The topological polar surface area (TPSA) is 115 Å². The van der Waals surface area contributed by atoms with E-state index in [1.54, 1.807) is 44.2 Å². The minimum atomic E-state index is -0.879. The van der Waals surface area contributed by atoms with Crippen molar-refractivity contribution < 1.29 is 30.0 Å². The third-order valence-corrected chi connectivity index (χ3v) is 2.45. The van der Waals surface area contributed by atoms with Crippen LogP contribution in [0.3, 0.4) is 0 Å². The Morgan fingerprint density at radius 2 is 1.55 bits per heavy atom. The van der Waals surface area contributed by atoms with Gasteiger partial charge in [-0.05, 0) is 25.0 Å². The number of rotatable bonds is 5. The maximum atomic E-state index is 10.2. The Morgan fingerprint density at radius 1 is 1.09 bits per heavy atom. The number of aliphatic hydroxyl groups is 2. The second kappa shape index (κ2) is 14.0. The van der Waals surface area contributed by atoms with Crippen LogP contribution in [0.25, 0.3) is 0 Å². The SMILES string of the molecule is CC(C)C(=O)O.CCC(O)CCO.O=C(O)c1ccccc1. The fourth-order valence-electron chi connectivity index (χ4n) is 0.934. The van der Waals surface area contributed by atoms with Gasteiger partial charge in [0.15, 0.2) is 0 Å². The summed E-state index contributed by atoms with van der Waals surface area (Å²) in [6.07, 6.45) is 0.946. The number of hydrogen-bond donors (Lipinski definition) is 4. The van der Waals surface area contributed by atoms with Crippen LogP contribution in [0.5, 0.6) is 0 Å². The lowest BCUT2D eigenvalue weighted by Gasteiger charge is -2.01. The van der Waals surface area contributed by atoms with E-state index in [9.17, 15) is 9.59 Å². The molecule has 0 spiro atoms. The van der Waals surface area contributed by atoms with Crippen LogP contribution >= 0.6 is 0 Å². The van der Waals surface area contributed by atoms with Crippen molar-refractivity contribution in [3.63, 3.8) is 0 Å². The highest BCUT2D eigenvalue weighted by Crippen LogP contribution is 1.96. The largest absolute Gasteiger partial charge is 0.481 e. The highest BCUT2D eigenvalue weighted by molar-refractivity contribution is 5.87. The van der Waals surface area contributed by atoms with Crippen molar-refractivity contribution in [2.45, 2.75) is 39.7 Å². The van der Waals surface area contributed by atoms with Crippen molar-refractivity contribution >= 4 is 11.9 Å². The Hall–Kier alpha value is -1.92. The van der Waals surface area contributed by atoms with Gasteiger partial charge in [-0.1, -0.05) is 39.0 Å². The maximum Gasteiger partial charge on any atom is 0.335 e. The van der Waals surface area contributed by atoms with E-state index in [0.717, 1.165) is 6.42 Å². The number of carboxylic acid groups (broad SMARTS) is 2. The molecule has 0 radical (unpaired) electrons. The lowest BCUT2D eigenvalue weighted by atomic mass is 10.2. The summed E-state index contributed by atoms with van der Waals surface area (Å²) < 4.78 is 0. The molecule has 0 fully saturated rings. The quantitative estimate of drug-likeness (QED) is 0.662. The highest BCUT2D eigenvalue weighted by Gasteiger charge is 1.99. The number of aromatic carboxylic acids is 1. The first-order chi connectivity index (χ1) is 10.3. The smallest absolute Gasteiger partial charge is 0.335 e. The van der Waals surface area contributed by atoms with E-state index in [0.29, 0.717) is 12.0 Å². The van der Waals surface area contributed by atoms with Crippen LogP contribution in [0.15, 0.2) is 30.3 Å². The zero-order chi connectivity index (χ0) is 17.5. The standard InChI is InChI=1S/C7H6O2.C5H12O2.C4H8O2/c8-7(9)6-4-2-1-3-5-6;1-2-5(7)3-4-6;1-3(2)4(5)6/h1-5H,(H,8,9);5-7H,2-4H2,1H3;3H,1-2H3,(H,5,6). The molecule has 1 unspecified atom stereocenters. The van der Waals surface area contributed by atoms with Gasteiger partial charge in [0.25, 0.3) is 0 Å². The lowest BCUT2D eigenvalue weighted by molar-refractivity contribution is -0.140. The minimum Gasteiger partial charge on any atom is -0.481 e. The van der Waals surface area contributed by atoms with Crippen LogP contribution in [-0.4, -0.2) is 45.1 Å². The summed E-state index contributed by atoms with van der Waals surface area (Å²) in [6, 6.07) is 8.30. The summed E-state index contributed by atoms with van der Waals surface area (Å²) in [4.78, 5) is 19.9. The van der Waals surface area contributed by atoms with Crippen LogP contribution in [0.1, 0.15) is 44.0 Å². The average molecular weight is 314 g/mol. The van der Waals surface area contributed by atoms with Crippen molar-refractivity contribution in [2.75, 3.05) is 6.61 Å². The van der Waals surface area contributed by atoms with Crippen molar-refractivity contribution in [1.82, 2.24) is 0 Å². The van der Waals surface area contributed by atoms with E-state index in [1.165, 1.54) is 0 Å². The van der Waals surface area contributed by atoms with Crippen LogP contribution in [0.2, 0.25) is 0 Å². The number of aliphatic hydroxyl groups excluding tert-OH is 2. The Bertz CT molecular complexity index is 402. The number of aliphatic carboxylic acids is 1. The maximum absolute atomic E-state index is 10.2. The van der Waals surface area contributed by atoms with Crippen molar-refractivity contribution in [3.05, 3.63) is 35.9 Å². The zero-order valence-electron chi connectivity index (χ0n) is 13.3. The third kappa shape index (κ3) is 14.5. The fourth-order valence-corrected chi connectivity index (χ4v) is 0.934. The molecular formula is C16H26O6. The highest BCUT2D eigenvalue weighted by atomic mass is 16.4. The molecule has 0 aliphatic rings. The summed E-state index contributed by atoms with van der Waals surface area (Å²) in [6.45, 7) is 5.26. The molecule has 6 nitrogen and oxygen atoms in total. The van der Waals surface area contributed by atoms with Gasteiger partial charge in [-0.2, -0.15) is 0 Å². The molecule has 4 N–H and O–H groups in total. The Labute approximate surface area is 131 Å². The van der Waals surface area contributed by atoms with Gasteiger partial charge in [0, 0.05) is 6.61 Å². The average Bonchev–Trinajstić information content (AvgIpc) is 2.49. The lowest BCUT2D eigenvalue weighted by Crippen LogP contribution is -2.05. The Balaban J connectivity index is 0. The number of carboxylic acids is 2. The summed E-state index contributed by atoms with van der Waals surface area (Å²) in [7, 11) is 0. The molecular weight excluding hydrogens is 288 g/mol. The second-order valence-electron chi connectivity index (χ2n) is 4.74. The minimum absolute atomic E-state index is 0.0923. The first kappa shape index (κ1) is 22.4. The predicted molar refractivity (Wildman–Crippen MR) is 83.9 cm³/mol. The Morgan fingerprint density at radius 3 is 1.73 bits per heavy atom. The van der Waals surface area contributed by atoms with Gasteiger partial charge in [0.05, 0.1) is 17.6 Å². The van der Waals surface area contributed by atoms with E-state index in [1.807, 2.05) is 6.92 Å². The predicted octanol–water partition coefficient (Wildman–Crippen LogP) is 2.25. The number of benzene rings is 1. The number of hydrogen-bond acceptors (Lipinski definition) is 4. The first-order valence-corrected chi connectivity index (χ1v) is 7.06. The van der Waals surface area contributed by atoms with E-state index >= 15 is 0 Å².